The molecule has 8 nitrogen and oxygen atoms in total. The molecule has 0 aliphatic carbocycles. The zero-order valence-electron chi connectivity index (χ0n) is 14.7. The Morgan fingerprint density at radius 3 is 2.70 bits per heavy atom. The van der Waals surface area contributed by atoms with Crippen molar-refractivity contribution in [2.45, 2.75) is 19.0 Å². The van der Waals surface area contributed by atoms with Crippen molar-refractivity contribution in [2.75, 3.05) is 11.1 Å². The van der Waals surface area contributed by atoms with Gasteiger partial charge in [0.2, 0.25) is 11.1 Å². The average molecular weight is 380 g/mol. The van der Waals surface area contributed by atoms with E-state index in [4.69, 9.17) is 4.52 Å². The Kier molecular flexibility index (Phi) is 4.59. The minimum Gasteiger partial charge on any atom is -0.360 e. The van der Waals surface area contributed by atoms with E-state index >= 15 is 0 Å². The van der Waals surface area contributed by atoms with E-state index in [-0.39, 0.29) is 11.7 Å². The van der Waals surface area contributed by atoms with Crippen LogP contribution in [0.25, 0.3) is 16.9 Å². The third-order valence-electron chi connectivity index (χ3n) is 3.81. The lowest BCUT2D eigenvalue weighted by atomic mass is 10.1. The summed E-state index contributed by atoms with van der Waals surface area (Å²) in [5.74, 6) is 0.973. The van der Waals surface area contributed by atoms with E-state index < -0.39 is 0 Å². The van der Waals surface area contributed by atoms with Crippen LogP contribution < -0.4 is 5.32 Å². The van der Waals surface area contributed by atoms with Crippen LogP contribution in [0.5, 0.6) is 0 Å². The van der Waals surface area contributed by atoms with Gasteiger partial charge in [-0.2, -0.15) is 9.61 Å². The summed E-state index contributed by atoms with van der Waals surface area (Å²) in [4.78, 5) is 12.1. The van der Waals surface area contributed by atoms with E-state index in [0.717, 1.165) is 11.3 Å². The molecule has 0 saturated carbocycles. The van der Waals surface area contributed by atoms with Crippen molar-refractivity contribution in [1.82, 2.24) is 25.0 Å². The SMILES string of the molecule is Cc1ccc(-c2ccc3nnc(SCC(=O)Nc4cc(C)on4)n3n2)cc1. The molecule has 1 N–H and O–H groups in total. The lowest BCUT2D eigenvalue weighted by Gasteiger charge is -2.04. The second kappa shape index (κ2) is 7.20. The highest BCUT2D eigenvalue weighted by atomic mass is 32.2. The first-order chi connectivity index (χ1) is 13.1. The fourth-order valence-corrected chi connectivity index (χ4v) is 3.16. The van der Waals surface area contributed by atoms with Gasteiger partial charge in [-0.1, -0.05) is 46.7 Å². The fourth-order valence-electron chi connectivity index (χ4n) is 2.47. The second-order valence-corrected chi connectivity index (χ2v) is 6.94. The lowest BCUT2D eigenvalue weighted by Crippen LogP contribution is -2.14. The molecule has 1 aromatic carbocycles. The molecule has 0 aliphatic heterocycles. The number of anilines is 1. The average Bonchev–Trinajstić information content (AvgIpc) is 3.26. The lowest BCUT2D eigenvalue weighted by molar-refractivity contribution is -0.113. The Hall–Kier alpha value is -3.20. The first kappa shape index (κ1) is 17.2. The normalized spacial score (nSPS) is 11.0. The van der Waals surface area contributed by atoms with Crippen LogP contribution in [-0.2, 0) is 4.79 Å². The van der Waals surface area contributed by atoms with Gasteiger partial charge in [-0.15, -0.1) is 10.2 Å². The minimum absolute atomic E-state index is 0.156. The third kappa shape index (κ3) is 3.82. The predicted octanol–water partition coefficient (Wildman–Crippen LogP) is 3.13. The summed E-state index contributed by atoms with van der Waals surface area (Å²) in [7, 11) is 0. The minimum atomic E-state index is -0.209. The molecule has 0 unspecified atom stereocenters. The smallest absolute Gasteiger partial charge is 0.236 e. The molecule has 4 rings (SSSR count). The highest BCUT2D eigenvalue weighted by Crippen LogP contribution is 2.21. The highest BCUT2D eigenvalue weighted by Gasteiger charge is 2.13. The van der Waals surface area contributed by atoms with Crippen LogP contribution in [0.1, 0.15) is 11.3 Å². The van der Waals surface area contributed by atoms with E-state index in [9.17, 15) is 4.79 Å². The van der Waals surface area contributed by atoms with Gasteiger partial charge in [0, 0.05) is 11.6 Å². The maximum atomic E-state index is 12.1. The number of aromatic nitrogens is 5. The van der Waals surface area contributed by atoms with Gasteiger partial charge in [-0.05, 0) is 26.0 Å². The summed E-state index contributed by atoms with van der Waals surface area (Å²) in [5.41, 5.74) is 3.63. The standard InChI is InChI=1S/C18H16N6O2S/c1-11-3-5-13(6-4-11)14-7-8-16-20-21-18(24(16)22-14)27-10-17(25)19-15-9-12(2)26-23-15/h3-9H,10H2,1-2H3,(H,19,23,25). The number of hydrogen-bond donors (Lipinski definition) is 1. The molecule has 0 bridgehead atoms. The van der Waals surface area contributed by atoms with Gasteiger partial charge >= 0.3 is 0 Å². The molecule has 27 heavy (non-hydrogen) atoms. The Bertz CT molecular complexity index is 1100. The largest absolute Gasteiger partial charge is 0.360 e. The van der Waals surface area contributed by atoms with E-state index in [1.165, 1.54) is 17.3 Å². The van der Waals surface area contributed by atoms with Gasteiger partial charge in [0.15, 0.2) is 11.5 Å². The topological polar surface area (TPSA) is 98.2 Å². The fraction of sp³-hybridized carbons (Fsp3) is 0.167. The number of fused-ring (bicyclic) bond motifs is 1. The number of nitrogens with zero attached hydrogens (tertiary/aromatic N) is 5. The number of carbonyl (C=O) groups is 1. The number of thioether (sulfide) groups is 1. The monoisotopic (exact) mass is 380 g/mol. The van der Waals surface area contributed by atoms with Crippen LogP contribution in [0.2, 0.25) is 0 Å². The summed E-state index contributed by atoms with van der Waals surface area (Å²) < 4.78 is 6.57. The molecule has 0 aliphatic rings. The van der Waals surface area contributed by atoms with Gasteiger partial charge in [0.05, 0.1) is 11.4 Å². The molecule has 0 fully saturated rings. The molecule has 136 valence electrons. The van der Waals surface area contributed by atoms with E-state index in [2.05, 4.69) is 25.8 Å². The zero-order chi connectivity index (χ0) is 18.8. The Labute approximate surface area is 159 Å². The van der Waals surface area contributed by atoms with Crippen LogP contribution in [0.3, 0.4) is 0 Å². The molecular weight excluding hydrogens is 364 g/mol. The van der Waals surface area contributed by atoms with Crippen molar-refractivity contribution in [3.05, 3.63) is 53.8 Å². The van der Waals surface area contributed by atoms with Crippen LogP contribution in [0.15, 0.2) is 52.1 Å². The molecule has 3 heterocycles. The Morgan fingerprint density at radius 1 is 1.15 bits per heavy atom. The molecule has 4 aromatic rings. The quantitative estimate of drug-likeness (QED) is 0.531. The maximum absolute atomic E-state index is 12.1. The Morgan fingerprint density at radius 2 is 1.96 bits per heavy atom. The van der Waals surface area contributed by atoms with Crippen molar-refractivity contribution in [2.24, 2.45) is 0 Å². The number of aryl methyl sites for hydroxylation is 2. The molecule has 0 radical (unpaired) electrons. The first-order valence-corrected chi connectivity index (χ1v) is 9.22. The van der Waals surface area contributed by atoms with Crippen LogP contribution >= 0.6 is 11.8 Å². The van der Waals surface area contributed by atoms with Crippen molar-refractivity contribution < 1.29 is 9.32 Å². The van der Waals surface area contributed by atoms with Crippen molar-refractivity contribution in [3.63, 3.8) is 0 Å². The number of hydrogen-bond acceptors (Lipinski definition) is 7. The summed E-state index contributed by atoms with van der Waals surface area (Å²) in [6, 6.07) is 13.5. The summed E-state index contributed by atoms with van der Waals surface area (Å²) in [5, 5.41) is 19.8. The number of amides is 1. The predicted molar refractivity (Wildman–Crippen MR) is 102 cm³/mol. The number of benzene rings is 1. The second-order valence-electron chi connectivity index (χ2n) is 6.00. The summed E-state index contributed by atoms with van der Waals surface area (Å²) in [6.07, 6.45) is 0. The summed E-state index contributed by atoms with van der Waals surface area (Å²) in [6.45, 7) is 3.80. The van der Waals surface area contributed by atoms with E-state index in [1.807, 2.05) is 43.3 Å². The van der Waals surface area contributed by atoms with Gasteiger partial charge in [-0.25, -0.2) is 0 Å². The highest BCUT2D eigenvalue weighted by molar-refractivity contribution is 7.99. The number of carbonyl (C=O) groups excluding carboxylic acids is 1. The molecule has 0 saturated heterocycles. The maximum Gasteiger partial charge on any atom is 0.236 e. The van der Waals surface area contributed by atoms with Crippen LogP contribution in [-0.4, -0.2) is 36.6 Å². The zero-order valence-corrected chi connectivity index (χ0v) is 15.5. The number of nitrogens with one attached hydrogen (secondary N) is 1. The molecule has 0 atom stereocenters. The van der Waals surface area contributed by atoms with E-state index in [1.54, 1.807) is 17.5 Å². The van der Waals surface area contributed by atoms with Crippen LogP contribution in [0.4, 0.5) is 5.82 Å². The Balaban J connectivity index is 1.50. The van der Waals surface area contributed by atoms with Crippen LogP contribution in [0, 0.1) is 13.8 Å². The van der Waals surface area contributed by atoms with Gasteiger partial charge in [0.1, 0.15) is 5.76 Å². The van der Waals surface area contributed by atoms with Gasteiger partial charge in [0.25, 0.3) is 0 Å². The third-order valence-corrected chi connectivity index (χ3v) is 4.73. The molecule has 1 amide bonds. The summed E-state index contributed by atoms with van der Waals surface area (Å²) >= 11 is 1.25. The van der Waals surface area contributed by atoms with E-state index in [0.29, 0.717) is 22.4 Å². The van der Waals surface area contributed by atoms with Crippen molar-refractivity contribution in [3.8, 4) is 11.3 Å². The number of rotatable bonds is 5. The first-order valence-electron chi connectivity index (χ1n) is 8.24. The molecule has 3 aromatic heterocycles. The van der Waals surface area contributed by atoms with Crippen molar-refractivity contribution >= 4 is 29.1 Å². The molecule has 0 spiro atoms. The van der Waals surface area contributed by atoms with Gasteiger partial charge in [-0.3, -0.25) is 4.79 Å². The molecular formula is C18H16N6O2S. The van der Waals surface area contributed by atoms with Gasteiger partial charge < -0.3 is 9.84 Å². The molecule has 9 heteroatoms. The van der Waals surface area contributed by atoms with Crippen molar-refractivity contribution in [1.29, 1.82) is 0 Å².